The molecule has 1 rings (SSSR count). The van der Waals surface area contributed by atoms with Crippen LogP contribution in [0.15, 0.2) is 4.52 Å². The molecule has 1 atom stereocenters. The Morgan fingerprint density at radius 3 is 3.08 bits per heavy atom. The number of rotatable bonds is 5. The van der Waals surface area contributed by atoms with E-state index in [1.807, 2.05) is 0 Å². The minimum Gasteiger partial charge on any atom is -0.384 e. The lowest BCUT2D eigenvalue weighted by molar-refractivity contribution is 0.141. The minimum absolute atomic E-state index is 0.0753. The van der Waals surface area contributed by atoms with Crippen molar-refractivity contribution in [1.29, 1.82) is 0 Å². The summed E-state index contributed by atoms with van der Waals surface area (Å²) in [6.45, 7) is 0.601. The molecule has 74 valence electrons. The summed E-state index contributed by atoms with van der Waals surface area (Å²) < 4.78 is 9.60. The molecule has 0 bridgehead atoms. The van der Waals surface area contributed by atoms with Gasteiger partial charge in [0.25, 0.3) is 5.89 Å². The molecule has 0 aliphatic carbocycles. The first kappa shape index (κ1) is 10.1. The van der Waals surface area contributed by atoms with E-state index in [2.05, 4.69) is 10.1 Å². The minimum atomic E-state index is -0.871. The highest BCUT2D eigenvalue weighted by Crippen LogP contribution is 2.08. The van der Waals surface area contributed by atoms with Gasteiger partial charge < -0.3 is 20.1 Å². The summed E-state index contributed by atoms with van der Waals surface area (Å²) in [5.74, 6) is 0.679. The van der Waals surface area contributed by atoms with Crippen LogP contribution in [0.1, 0.15) is 17.8 Å². The van der Waals surface area contributed by atoms with Crippen LogP contribution in [-0.4, -0.2) is 35.5 Å². The number of aromatic nitrogens is 2. The van der Waals surface area contributed by atoms with Gasteiger partial charge in [-0.15, -0.1) is 0 Å². The van der Waals surface area contributed by atoms with Crippen molar-refractivity contribution in [3.8, 4) is 0 Å². The quantitative estimate of drug-likeness (QED) is 0.629. The first-order valence-electron chi connectivity index (χ1n) is 3.97. The van der Waals surface area contributed by atoms with Crippen molar-refractivity contribution in [2.45, 2.75) is 12.5 Å². The van der Waals surface area contributed by atoms with E-state index in [4.69, 9.17) is 15.0 Å². The number of nitrogens with two attached hydrogens (primary N) is 1. The van der Waals surface area contributed by atoms with Crippen molar-refractivity contribution in [2.24, 2.45) is 5.73 Å². The molecule has 0 spiro atoms. The molecule has 0 amide bonds. The SMILES string of the molecule is COCCc1noc(C(O)CN)n1. The Morgan fingerprint density at radius 2 is 2.46 bits per heavy atom. The van der Waals surface area contributed by atoms with Crippen molar-refractivity contribution in [1.82, 2.24) is 10.1 Å². The van der Waals surface area contributed by atoms with Gasteiger partial charge in [-0.2, -0.15) is 4.98 Å². The number of aliphatic hydroxyl groups excluding tert-OH is 1. The van der Waals surface area contributed by atoms with Gasteiger partial charge in [-0.1, -0.05) is 5.16 Å². The molecular formula is C7H13N3O3. The van der Waals surface area contributed by atoms with Crippen LogP contribution in [0.4, 0.5) is 0 Å². The lowest BCUT2D eigenvalue weighted by Gasteiger charge is -1.97. The summed E-state index contributed by atoms with van der Waals surface area (Å²) in [4.78, 5) is 3.93. The molecule has 1 heterocycles. The van der Waals surface area contributed by atoms with E-state index < -0.39 is 6.10 Å². The zero-order valence-electron chi connectivity index (χ0n) is 7.43. The van der Waals surface area contributed by atoms with Crippen molar-refractivity contribution >= 4 is 0 Å². The Balaban J connectivity index is 2.53. The van der Waals surface area contributed by atoms with Gasteiger partial charge in [0.05, 0.1) is 6.61 Å². The van der Waals surface area contributed by atoms with Crippen molar-refractivity contribution in [3.63, 3.8) is 0 Å². The predicted octanol–water partition coefficient (Wildman–Crippen LogP) is -0.749. The Hall–Kier alpha value is -0.980. The van der Waals surface area contributed by atoms with Gasteiger partial charge in [0, 0.05) is 20.1 Å². The third kappa shape index (κ3) is 2.76. The first-order valence-corrected chi connectivity index (χ1v) is 3.97. The Labute approximate surface area is 75.7 Å². The predicted molar refractivity (Wildman–Crippen MR) is 43.9 cm³/mol. The molecule has 0 aromatic carbocycles. The van der Waals surface area contributed by atoms with E-state index in [0.717, 1.165) is 0 Å². The summed E-state index contributed by atoms with van der Waals surface area (Å²) in [5, 5.41) is 12.9. The second-order valence-electron chi connectivity index (χ2n) is 2.54. The van der Waals surface area contributed by atoms with E-state index >= 15 is 0 Å². The van der Waals surface area contributed by atoms with Gasteiger partial charge in [-0.25, -0.2) is 0 Å². The van der Waals surface area contributed by atoms with Crippen LogP contribution in [-0.2, 0) is 11.2 Å². The van der Waals surface area contributed by atoms with Crippen LogP contribution >= 0.6 is 0 Å². The van der Waals surface area contributed by atoms with Gasteiger partial charge in [0.1, 0.15) is 6.10 Å². The summed E-state index contributed by atoms with van der Waals surface area (Å²) in [7, 11) is 1.59. The van der Waals surface area contributed by atoms with Gasteiger partial charge >= 0.3 is 0 Å². The third-order valence-electron chi connectivity index (χ3n) is 1.52. The third-order valence-corrected chi connectivity index (χ3v) is 1.52. The monoisotopic (exact) mass is 187 g/mol. The van der Waals surface area contributed by atoms with Gasteiger partial charge in [-0.05, 0) is 0 Å². The molecular weight excluding hydrogens is 174 g/mol. The second kappa shape index (κ2) is 4.90. The molecule has 0 fully saturated rings. The zero-order valence-corrected chi connectivity index (χ0v) is 7.43. The van der Waals surface area contributed by atoms with Crippen molar-refractivity contribution in [3.05, 3.63) is 11.7 Å². The van der Waals surface area contributed by atoms with Crippen LogP contribution < -0.4 is 5.73 Å². The van der Waals surface area contributed by atoms with Gasteiger partial charge in [-0.3, -0.25) is 0 Å². The average Bonchev–Trinajstić information content (AvgIpc) is 2.62. The smallest absolute Gasteiger partial charge is 0.256 e. The molecule has 0 saturated heterocycles. The number of aliphatic hydroxyl groups is 1. The number of hydrogen-bond donors (Lipinski definition) is 2. The fourth-order valence-corrected chi connectivity index (χ4v) is 0.799. The first-order chi connectivity index (χ1) is 6.27. The number of methoxy groups -OCH3 is 1. The highest BCUT2D eigenvalue weighted by Gasteiger charge is 2.13. The molecule has 13 heavy (non-hydrogen) atoms. The Bertz CT molecular complexity index is 251. The normalized spacial score (nSPS) is 13.2. The Morgan fingerprint density at radius 1 is 1.69 bits per heavy atom. The highest BCUT2D eigenvalue weighted by molar-refractivity contribution is 4.90. The summed E-state index contributed by atoms with van der Waals surface area (Å²) in [6.07, 6.45) is -0.305. The summed E-state index contributed by atoms with van der Waals surface area (Å²) in [6, 6.07) is 0. The van der Waals surface area contributed by atoms with E-state index in [1.54, 1.807) is 7.11 Å². The van der Waals surface area contributed by atoms with Crippen LogP contribution in [0.25, 0.3) is 0 Å². The van der Waals surface area contributed by atoms with Crippen LogP contribution in [0.3, 0.4) is 0 Å². The molecule has 1 aromatic rings. The maximum atomic E-state index is 9.22. The molecule has 6 heteroatoms. The number of nitrogens with zero attached hydrogens (tertiary/aromatic N) is 2. The zero-order chi connectivity index (χ0) is 9.68. The molecule has 0 saturated carbocycles. The van der Waals surface area contributed by atoms with Crippen LogP contribution in [0.2, 0.25) is 0 Å². The topological polar surface area (TPSA) is 94.4 Å². The fourth-order valence-electron chi connectivity index (χ4n) is 0.799. The maximum absolute atomic E-state index is 9.22. The lowest BCUT2D eigenvalue weighted by Crippen LogP contribution is -2.11. The van der Waals surface area contributed by atoms with Gasteiger partial charge in [0.15, 0.2) is 5.82 Å². The Kier molecular flexibility index (Phi) is 3.81. The van der Waals surface area contributed by atoms with Crippen LogP contribution in [0, 0.1) is 0 Å². The summed E-state index contributed by atoms with van der Waals surface area (Å²) in [5.41, 5.74) is 5.21. The van der Waals surface area contributed by atoms with Crippen LogP contribution in [0.5, 0.6) is 0 Å². The van der Waals surface area contributed by atoms with E-state index in [1.165, 1.54) is 0 Å². The standard InChI is InChI=1S/C7H13N3O3/c1-12-3-2-6-9-7(13-10-6)5(11)4-8/h5,11H,2-4,8H2,1H3. The molecule has 6 nitrogen and oxygen atoms in total. The maximum Gasteiger partial charge on any atom is 0.256 e. The van der Waals surface area contributed by atoms with Gasteiger partial charge in [0.2, 0.25) is 0 Å². The van der Waals surface area contributed by atoms with E-state index in [9.17, 15) is 5.11 Å². The van der Waals surface area contributed by atoms with E-state index in [-0.39, 0.29) is 12.4 Å². The molecule has 1 aromatic heterocycles. The highest BCUT2D eigenvalue weighted by atomic mass is 16.5. The lowest BCUT2D eigenvalue weighted by atomic mass is 10.3. The number of hydrogen-bond acceptors (Lipinski definition) is 6. The molecule has 3 N–H and O–H groups in total. The van der Waals surface area contributed by atoms with Crippen molar-refractivity contribution < 1.29 is 14.4 Å². The van der Waals surface area contributed by atoms with E-state index in [0.29, 0.717) is 18.9 Å². The van der Waals surface area contributed by atoms with Crippen molar-refractivity contribution in [2.75, 3.05) is 20.3 Å². The molecule has 1 unspecified atom stereocenters. The largest absolute Gasteiger partial charge is 0.384 e. The molecule has 0 aliphatic heterocycles. The second-order valence-corrected chi connectivity index (χ2v) is 2.54. The molecule has 0 radical (unpaired) electrons. The average molecular weight is 187 g/mol. The fraction of sp³-hybridized carbons (Fsp3) is 0.714. The summed E-state index contributed by atoms with van der Waals surface area (Å²) >= 11 is 0. The molecule has 0 aliphatic rings. The number of ether oxygens (including phenoxy) is 1.